The Morgan fingerprint density at radius 2 is 2.21 bits per heavy atom. The van der Waals surface area contributed by atoms with E-state index >= 15 is 0 Å². The molecule has 0 saturated carbocycles. The van der Waals surface area contributed by atoms with E-state index < -0.39 is 11.5 Å². The van der Waals surface area contributed by atoms with Gasteiger partial charge in [0, 0.05) is 12.1 Å². The first kappa shape index (κ1) is 13.5. The number of aliphatic carboxylic acids is 1. The van der Waals surface area contributed by atoms with E-state index in [0.29, 0.717) is 13.0 Å². The number of hydrogen-bond donors (Lipinski definition) is 2. The third kappa shape index (κ3) is 4.11. The average Bonchev–Trinajstić information content (AvgIpc) is 2.14. The van der Waals surface area contributed by atoms with Crippen LogP contribution in [0.5, 0.6) is 0 Å². The van der Waals surface area contributed by atoms with E-state index in [0.717, 1.165) is 12.0 Å². The SMILES string of the molecule is CCCC(C)(NCC(C)=CCl)C(=O)O. The van der Waals surface area contributed by atoms with Crippen molar-refractivity contribution in [3.63, 3.8) is 0 Å². The van der Waals surface area contributed by atoms with Crippen molar-refractivity contribution < 1.29 is 9.90 Å². The molecule has 0 fully saturated rings. The van der Waals surface area contributed by atoms with Gasteiger partial charge in [0.1, 0.15) is 5.54 Å². The first-order valence-electron chi connectivity index (χ1n) is 4.70. The van der Waals surface area contributed by atoms with Crippen LogP contribution < -0.4 is 5.32 Å². The predicted molar refractivity (Wildman–Crippen MR) is 58.6 cm³/mol. The second kappa shape index (κ2) is 6.04. The molecule has 0 aliphatic rings. The minimum atomic E-state index is -0.851. The Morgan fingerprint density at radius 3 is 2.57 bits per heavy atom. The summed E-state index contributed by atoms with van der Waals surface area (Å²) in [5.74, 6) is -0.818. The van der Waals surface area contributed by atoms with Gasteiger partial charge in [-0.25, -0.2) is 0 Å². The highest BCUT2D eigenvalue weighted by molar-refractivity contribution is 6.25. The van der Waals surface area contributed by atoms with E-state index in [1.54, 1.807) is 6.92 Å². The fraction of sp³-hybridized carbons (Fsp3) is 0.700. The van der Waals surface area contributed by atoms with E-state index in [2.05, 4.69) is 5.32 Å². The molecule has 0 heterocycles. The molecule has 1 atom stereocenters. The summed E-state index contributed by atoms with van der Waals surface area (Å²) >= 11 is 5.49. The Balaban J connectivity index is 4.30. The van der Waals surface area contributed by atoms with Gasteiger partial charge in [0.2, 0.25) is 0 Å². The lowest BCUT2D eigenvalue weighted by molar-refractivity contribution is -0.144. The molecule has 0 aliphatic carbocycles. The summed E-state index contributed by atoms with van der Waals surface area (Å²) < 4.78 is 0. The van der Waals surface area contributed by atoms with Crippen LogP contribution >= 0.6 is 11.6 Å². The van der Waals surface area contributed by atoms with Crippen LogP contribution in [0.3, 0.4) is 0 Å². The van der Waals surface area contributed by atoms with E-state index in [1.807, 2.05) is 13.8 Å². The van der Waals surface area contributed by atoms with Crippen molar-refractivity contribution >= 4 is 17.6 Å². The number of hydrogen-bond acceptors (Lipinski definition) is 2. The molecule has 0 aliphatic heterocycles. The quantitative estimate of drug-likeness (QED) is 0.721. The summed E-state index contributed by atoms with van der Waals surface area (Å²) in [7, 11) is 0. The lowest BCUT2D eigenvalue weighted by Gasteiger charge is -2.25. The molecule has 0 aromatic carbocycles. The number of halogens is 1. The van der Waals surface area contributed by atoms with Gasteiger partial charge in [-0.1, -0.05) is 24.9 Å². The fourth-order valence-electron chi connectivity index (χ4n) is 1.14. The highest BCUT2D eigenvalue weighted by Gasteiger charge is 2.30. The number of carbonyl (C=O) groups is 1. The fourth-order valence-corrected chi connectivity index (χ4v) is 1.22. The van der Waals surface area contributed by atoms with E-state index in [1.165, 1.54) is 5.54 Å². The first-order chi connectivity index (χ1) is 6.46. The van der Waals surface area contributed by atoms with Crippen LogP contribution in [0, 0.1) is 0 Å². The molecule has 0 aromatic heterocycles. The smallest absolute Gasteiger partial charge is 0.323 e. The standard InChI is InChI=1S/C10H18ClNO2/c1-4-5-10(3,9(13)14)12-7-8(2)6-11/h6,12H,4-5,7H2,1-3H3,(H,13,14). The Hall–Kier alpha value is -0.540. The Bertz CT molecular complexity index is 228. The molecule has 3 nitrogen and oxygen atoms in total. The zero-order chi connectivity index (χ0) is 11.2. The average molecular weight is 220 g/mol. The molecule has 14 heavy (non-hydrogen) atoms. The second-order valence-corrected chi connectivity index (χ2v) is 3.91. The lowest BCUT2D eigenvalue weighted by Crippen LogP contribution is -2.49. The topological polar surface area (TPSA) is 49.3 Å². The molecule has 0 bridgehead atoms. The van der Waals surface area contributed by atoms with Gasteiger partial charge in [0.15, 0.2) is 0 Å². The van der Waals surface area contributed by atoms with Crippen molar-refractivity contribution in [2.45, 2.75) is 39.2 Å². The minimum Gasteiger partial charge on any atom is -0.480 e. The molecule has 1 unspecified atom stereocenters. The molecule has 0 spiro atoms. The molecule has 0 amide bonds. The molecule has 4 heteroatoms. The number of carboxylic acid groups (broad SMARTS) is 1. The van der Waals surface area contributed by atoms with Crippen molar-refractivity contribution in [1.82, 2.24) is 5.32 Å². The number of nitrogens with one attached hydrogen (secondary N) is 1. The maximum Gasteiger partial charge on any atom is 0.323 e. The zero-order valence-electron chi connectivity index (χ0n) is 8.93. The normalized spacial score (nSPS) is 16.4. The van der Waals surface area contributed by atoms with Gasteiger partial charge in [-0.05, 0) is 25.8 Å². The van der Waals surface area contributed by atoms with Gasteiger partial charge in [0.25, 0.3) is 0 Å². The summed E-state index contributed by atoms with van der Waals surface area (Å²) in [6, 6.07) is 0. The molecule has 0 radical (unpaired) electrons. The summed E-state index contributed by atoms with van der Waals surface area (Å²) in [4.78, 5) is 11.0. The van der Waals surface area contributed by atoms with Crippen LogP contribution in [0.25, 0.3) is 0 Å². The lowest BCUT2D eigenvalue weighted by atomic mass is 9.96. The highest BCUT2D eigenvalue weighted by atomic mass is 35.5. The Kier molecular flexibility index (Phi) is 5.81. The van der Waals surface area contributed by atoms with Crippen LogP contribution in [0.15, 0.2) is 11.1 Å². The van der Waals surface area contributed by atoms with Crippen molar-refractivity contribution in [2.24, 2.45) is 0 Å². The van der Waals surface area contributed by atoms with Gasteiger partial charge in [-0.3, -0.25) is 10.1 Å². The maximum atomic E-state index is 11.0. The van der Waals surface area contributed by atoms with Crippen molar-refractivity contribution in [1.29, 1.82) is 0 Å². The number of carboxylic acids is 1. The molecule has 0 aromatic rings. The third-order valence-electron chi connectivity index (χ3n) is 2.17. The zero-order valence-corrected chi connectivity index (χ0v) is 9.69. The van der Waals surface area contributed by atoms with Crippen molar-refractivity contribution in [3.8, 4) is 0 Å². The van der Waals surface area contributed by atoms with E-state index in [4.69, 9.17) is 16.7 Å². The highest BCUT2D eigenvalue weighted by Crippen LogP contribution is 2.13. The molecule has 0 saturated heterocycles. The first-order valence-corrected chi connectivity index (χ1v) is 5.14. The van der Waals surface area contributed by atoms with Crippen molar-refractivity contribution in [2.75, 3.05) is 6.54 Å². The van der Waals surface area contributed by atoms with Crippen molar-refractivity contribution in [3.05, 3.63) is 11.1 Å². The number of rotatable bonds is 6. The third-order valence-corrected chi connectivity index (χ3v) is 2.54. The molecular formula is C10H18ClNO2. The summed E-state index contributed by atoms with van der Waals surface area (Å²) in [6.45, 7) is 6.02. The minimum absolute atomic E-state index is 0.506. The van der Waals surface area contributed by atoms with Gasteiger partial charge in [-0.2, -0.15) is 0 Å². The second-order valence-electron chi connectivity index (χ2n) is 3.70. The summed E-state index contributed by atoms with van der Waals surface area (Å²) in [5, 5.41) is 12.0. The van der Waals surface area contributed by atoms with E-state index in [-0.39, 0.29) is 0 Å². The van der Waals surface area contributed by atoms with Gasteiger partial charge >= 0.3 is 5.97 Å². The maximum absolute atomic E-state index is 11.0. The van der Waals surface area contributed by atoms with Crippen LogP contribution in [0.1, 0.15) is 33.6 Å². The van der Waals surface area contributed by atoms with Crippen LogP contribution in [0.2, 0.25) is 0 Å². The Morgan fingerprint density at radius 1 is 1.64 bits per heavy atom. The summed E-state index contributed by atoms with van der Waals surface area (Å²) in [5.41, 5.74) is 1.53. The summed E-state index contributed by atoms with van der Waals surface area (Å²) in [6.07, 6.45) is 1.44. The molecule has 2 N–H and O–H groups in total. The Labute approximate surface area is 90.1 Å². The molecular weight excluding hydrogens is 202 g/mol. The predicted octanol–water partition coefficient (Wildman–Crippen LogP) is 2.36. The van der Waals surface area contributed by atoms with Crippen LogP contribution in [0.4, 0.5) is 0 Å². The van der Waals surface area contributed by atoms with E-state index in [9.17, 15) is 4.79 Å². The molecule has 82 valence electrons. The van der Waals surface area contributed by atoms with Gasteiger partial charge < -0.3 is 5.11 Å². The van der Waals surface area contributed by atoms with Crippen LogP contribution in [-0.4, -0.2) is 23.2 Å². The van der Waals surface area contributed by atoms with Gasteiger partial charge in [0.05, 0.1) is 0 Å². The largest absolute Gasteiger partial charge is 0.480 e. The van der Waals surface area contributed by atoms with Crippen LogP contribution in [-0.2, 0) is 4.79 Å². The monoisotopic (exact) mass is 219 g/mol. The van der Waals surface area contributed by atoms with Gasteiger partial charge in [-0.15, -0.1) is 0 Å². The molecule has 0 rings (SSSR count).